The third-order valence-corrected chi connectivity index (χ3v) is 4.99. The van der Waals surface area contributed by atoms with Gasteiger partial charge in [-0.15, -0.1) is 0 Å². The van der Waals surface area contributed by atoms with Crippen LogP contribution in [0.3, 0.4) is 0 Å². The lowest BCUT2D eigenvalue weighted by atomic mass is 10.1. The number of carboxylic acids is 1. The molecule has 0 fully saturated rings. The molecule has 0 aliphatic rings. The number of nitrogens with one attached hydrogen (secondary N) is 1. The fourth-order valence-corrected chi connectivity index (χ4v) is 3.18. The number of hydrogen-bond acceptors (Lipinski definition) is 3. The first kappa shape index (κ1) is 22.3. The van der Waals surface area contributed by atoms with Gasteiger partial charge in [-0.3, -0.25) is 4.79 Å². The van der Waals surface area contributed by atoms with Crippen LogP contribution < -0.4 is 10.1 Å². The van der Waals surface area contributed by atoms with E-state index in [9.17, 15) is 14.0 Å². The van der Waals surface area contributed by atoms with E-state index in [0.29, 0.717) is 29.4 Å². The Morgan fingerprint density at radius 2 is 1.74 bits per heavy atom. The Bertz CT molecular complexity index is 1070. The van der Waals surface area contributed by atoms with Crippen molar-refractivity contribution in [2.45, 2.75) is 19.4 Å². The zero-order valence-corrected chi connectivity index (χ0v) is 17.5. The van der Waals surface area contributed by atoms with Crippen molar-refractivity contribution in [3.8, 4) is 5.75 Å². The Kier molecular flexibility index (Phi) is 7.26. The fraction of sp³-hybridized carbons (Fsp3) is 0.167. The van der Waals surface area contributed by atoms with Gasteiger partial charge < -0.3 is 15.2 Å². The number of aromatic carboxylic acids is 1. The molecule has 0 saturated carbocycles. The maximum atomic E-state index is 13.0. The molecule has 7 heteroatoms. The molecule has 0 heterocycles. The van der Waals surface area contributed by atoms with Crippen LogP contribution in [0.25, 0.3) is 0 Å². The average Bonchev–Trinajstić information content (AvgIpc) is 2.76. The zero-order valence-electron chi connectivity index (χ0n) is 16.8. The number of benzene rings is 3. The first-order valence-electron chi connectivity index (χ1n) is 9.64. The molecule has 3 aromatic carbocycles. The van der Waals surface area contributed by atoms with Gasteiger partial charge in [0.05, 0.1) is 23.8 Å². The van der Waals surface area contributed by atoms with Gasteiger partial charge >= 0.3 is 5.97 Å². The summed E-state index contributed by atoms with van der Waals surface area (Å²) in [6.45, 7) is 2.10. The smallest absolute Gasteiger partial charge is 0.335 e. The second-order valence-electron chi connectivity index (χ2n) is 6.99. The minimum atomic E-state index is -1.01. The largest absolute Gasteiger partial charge is 0.492 e. The maximum Gasteiger partial charge on any atom is 0.335 e. The normalized spacial score (nSPS) is 11.6. The Morgan fingerprint density at radius 1 is 1.06 bits per heavy atom. The lowest BCUT2D eigenvalue weighted by Gasteiger charge is -2.17. The molecule has 0 bridgehead atoms. The van der Waals surface area contributed by atoms with E-state index in [1.165, 1.54) is 30.3 Å². The SMILES string of the molecule is C[C@H](NC(=O)c1cc(Cl)ccc1OCCc1ccc(F)cc1)c1ccc(C(=O)O)cc1. The topological polar surface area (TPSA) is 75.6 Å². The molecule has 1 atom stereocenters. The summed E-state index contributed by atoms with van der Waals surface area (Å²) < 4.78 is 18.8. The summed E-state index contributed by atoms with van der Waals surface area (Å²) in [5, 5.41) is 12.3. The molecule has 0 aliphatic heterocycles. The highest BCUT2D eigenvalue weighted by Crippen LogP contribution is 2.24. The van der Waals surface area contributed by atoms with Crippen molar-refractivity contribution in [2.75, 3.05) is 6.61 Å². The summed E-state index contributed by atoms with van der Waals surface area (Å²) in [5.74, 6) is -1.29. The van der Waals surface area contributed by atoms with E-state index in [4.69, 9.17) is 21.4 Å². The summed E-state index contributed by atoms with van der Waals surface area (Å²) in [6.07, 6.45) is 0.552. The highest BCUT2D eigenvalue weighted by atomic mass is 35.5. The van der Waals surface area contributed by atoms with E-state index in [-0.39, 0.29) is 23.3 Å². The van der Waals surface area contributed by atoms with Crippen molar-refractivity contribution in [2.24, 2.45) is 0 Å². The number of carbonyl (C=O) groups is 2. The number of amides is 1. The minimum Gasteiger partial charge on any atom is -0.492 e. The molecule has 0 unspecified atom stereocenters. The van der Waals surface area contributed by atoms with E-state index in [0.717, 1.165) is 11.1 Å². The van der Waals surface area contributed by atoms with E-state index in [2.05, 4.69) is 5.32 Å². The van der Waals surface area contributed by atoms with Crippen LogP contribution in [0.1, 0.15) is 44.8 Å². The van der Waals surface area contributed by atoms with Gasteiger partial charge in [-0.25, -0.2) is 9.18 Å². The quantitative estimate of drug-likeness (QED) is 0.498. The lowest BCUT2D eigenvalue weighted by Crippen LogP contribution is -2.27. The van der Waals surface area contributed by atoms with Crippen LogP contribution in [0.15, 0.2) is 66.7 Å². The highest BCUT2D eigenvalue weighted by molar-refractivity contribution is 6.31. The van der Waals surface area contributed by atoms with Crippen LogP contribution in [0, 0.1) is 5.82 Å². The van der Waals surface area contributed by atoms with Gasteiger partial charge in [0.25, 0.3) is 5.91 Å². The first-order valence-corrected chi connectivity index (χ1v) is 10.0. The molecule has 0 spiro atoms. The van der Waals surface area contributed by atoms with Crippen LogP contribution in [-0.2, 0) is 6.42 Å². The second kappa shape index (κ2) is 10.1. The molecular formula is C24H21ClFNO4. The Hall–Kier alpha value is -3.38. The van der Waals surface area contributed by atoms with Gasteiger partial charge in [-0.05, 0) is 60.5 Å². The van der Waals surface area contributed by atoms with E-state index < -0.39 is 5.97 Å². The lowest BCUT2D eigenvalue weighted by molar-refractivity contribution is 0.0696. The first-order chi connectivity index (χ1) is 14.8. The van der Waals surface area contributed by atoms with Gasteiger partial charge in [0.15, 0.2) is 0 Å². The van der Waals surface area contributed by atoms with Gasteiger partial charge in [0, 0.05) is 11.4 Å². The molecule has 0 aromatic heterocycles. The Labute approximate surface area is 184 Å². The third-order valence-electron chi connectivity index (χ3n) is 4.75. The molecule has 5 nitrogen and oxygen atoms in total. The Morgan fingerprint density at radius 3 is 2.39 bits per heavy atom. The highest BCUT2D eigenvalue weighted by Gasteiger charge is 2.17. The van der Waals surface area contributed by atoms with Crippen LogP contribution in [0.4, 0.5) is 4.39 Å². The molecule has 0 radical (unpaired) electrons. The van der Waals surface area contributed by atoms with Crippen LogP contribution in [0.5, 0.6) is 5.75 Å². The van der Waals surface area contributed by atoms with Crippen molar-refractivity contribution in [1.29, 1.82) is 0 Å². The standard InChI is InChI=1S/C24H21ClFNO4/c1-15(17-4-6-18(7-5-17)24(29)30)27-23(28)21-14-19(25)8-11-22(21)31-13-12-16-2-9-20(26)10-3-16/h2-11,14-15H,12-13H2,1H3,(H,27,28)(H,29,30)/t15-/m0/s1. The molecule has 160 valence electrons. The van der Waals surface area contributed by atoms with Gasteiger partial charge in [-0.2, -0.15) is 0 Å². The maximum absolute atomic E-state index is 13.0. The summed E-state index contributed by atoms with van der Waals surface area (Å²) in [5.41, 5.74) is 2.15. The van der Waals surface area contributed by atoms with E-state index >= 15 is 0 Å². The van der Waals surface area contributed by atoms with Crippen molar-refractivity contribution in [3.05, 3.63) is 99.8 Å². The number of ether oxygens (including phenoxy) is 1. The molecule has 0 saturated heterocycles. The minimum absolute atomic E-state index is 0.175. The monoisotopic (exact) mass is 441 g/mol. The van der Waals surface area contributed by atoms with Gasteiger partial charge in [0.2, 0.25) is 0 Å². The van der Waals surface area contributed by atoms with Crippen LogP contribution >= 0.6 is 11.6 Å². The number of carbonyl (C=O) groups excluding carboxylic acids is 1. The summed E-state index contributed by atoms with van der Waals surface area (Å²) in [6, 6.07) is 16.9. The summed E-state index contributed by atoms with van der Waals surface area (Å²) >= 11 is 6.08. The average molecular weight is 442 g/mol. The predicted octanol–water partition coefficient (Wildman–Crippen LogP) is 5.29. The summed E-state index contributed by atoms with van der Waals surface area (Å²) in [4.78, 5) is 23.9. The molecule has 31 heavy (non-hydrogen) atoms. The van der Waals surface area contributed by atoms with E-state index in [1.54, 1.807) is 43.3 Å². The molecule has 1 amide bonds. The van der Waals surface area contributed by atoms with Crippen molar-refractivity contribution < 1.29 is 23.8 Å². The fourth-order valence-electron chi connectivity index (χ4n) is 3.01. The van der Waals surface area contributed by atoms with Gasteiger partial charge in [-0.1, -0.05) is 35.9 Å². The number of hydrogen-bond donors (Lipinski definition) is 2. The molecular weight excluding hydrogens is 421 g/mol. The van der Waals surface area contributed by atoms with E-state index in [1.807, 2.05) is 0 Å². The third kappa shape index (κ3) is 6.06. The number of rotatable bonds is 8. The van der Waals surface area contributed by atoms with Crippen molar-refractivity contribution in [3.63, 3.8) is 0 Å². The number of carboxylic acid groups (broad SMARTS) is 1. The molecule has 0 aliphatic carbocycles. The van der Waals surface area contributed by atoms with Crippen molar-refractivity contribution in [1.82, 2.24) is 5.32 Å². The van der Waals surface area contributed by atoms with Gasteiger partial charge in [0.1, 0.15) is 11.6 Å². The molecule has 3 aromatic rings. The molecule has 2 N–H and O–H groups in total. The van der Waals surface area contributed by atoms with Crippen LogP contribution in [0.2, 0.25) is 5.02 Å². The molecule has 3 rings (SSSR count). The Balaban J connectivity index is 1.67. The number of halogens is 2. The summed E-state index contributed by atoms with van der Waals surface area (Å²) in [7, 11) is 0. The van der Waals surface area contributed by atoms with Crippen LogP contribution in [-0.4, -0.2) is 23.6 Å². The van der Waals surface area contributed by atoms with Crippen molar-refractivity contribution >= 4 is 23.5 Å². The zero-order chi connectivity index (χ0) is 22.4. The predicted molar refractivity (Wildman–Crippen MR) is 116 cm³/mol. The second-order valence-corrected chi connectivity index (χ2v) is 7.42.